The normalized spacial score (nSPS) is 11.7. The van der Waals surface area contributed by atoms with Crippen LogP contribution in [0.5, 0.6) is 0 Å². The quantitative estimate of drug-likeness (QED) is 0.569. The highest BCUT2D eigenvalue weighted by molar-refractivity contribution is 5.76. The lowest BCUT2D eigenvalue weighted by Gasteiger charge is -1.97. The van der Waals surface area contributed by atoms with E-state index in [0.29, 0.717) is 5.82 Å². The third-order valence-corrected chi connectivity index (χ3v) is 3.60. The first-order chi connectivity index (χ1) is 11.2. The average Bonchev–Trinajstić information content (AvgIpc) is 3.02. The highest BCUT2D eigenvalue weighted by Gasteiger charge is 2.06. The van der Waals surface area contributed by atoms with E-state index in [4.69, 9.17) is 0 Å². The number of benzene rings is 1. The Morgan fingerprint density at radius 3 is 2.57 bits per heavy atom. The lowest BCUT2D eigenvalue weighted by Crippen LogP contribution is -1.97. The van der Waals surface area contributed by atoms with E-state index in [0.717, 1.165) is 33.8 Å². The fourth-order valence-corrected chi connectivity index (χ4v) is 2.39. The molecule has 0 bridgehead atoms. The second-order valence-electron chi connectivity index (χ2n) is 5.31. The van der Waals surface area contributed by atoms with E-state index in [1.165, 1.54) is 0 Å². The number of para-hydroxylation sites is 2. The molecule has 3 aromatic heterocycles. The summed E-state index contributed by atoms with van der Waals surface area (Å²) in [5.74, 6) is 0.624. The number of aromatic nitrogens is 6. The third kappa shape index (κ3) is 2.44. The molecule has 1 aromatic carbocycles. The Bertz CT molecular complexity index is 1010. The summed E-state index contributed by atoms with van der Waals surface area (Å²) in [7, 11) is 0. The summed E-state index contributed by atoms with van der Waals surface area (Å²) in [6, 6.07) is 7.79. The predicted molar refractivity (Wildman–Crippen MR) is 88.7 cm³/mol. The molecule has 0 aliphatic rings. The molecule has 0 saturated carbocycles. The number of nitrogens with zero attached hydrogens (tertiary/aromatic N) is 6. The van der Waals surface area contributed by atoms with Crippen LogP contribution in [0.2, 0.25) is 0 Å². The van der Waals surface area contributed by atoms with E-state index >= 15 is 0 Å². The van der Waals surface area contributed by atoms with Gasteiger partial charge in [-0.05, 0) is 38.1 Å². The van der Waals surface area contributed by atoms with Crippen LogP contribution >= 0.6 is 0 Å². The minimum atomic E-state index is 0.624. The lowest BCUT2D eigenvalue weighted by molar-refractivity contribution is 0.884. The molecule has 4 aromatic rings. The molecular weight excluding hydrogens is 288 g/mol. The standard InChI is InChI=1S/C17H14N6/c1-11-9-18-12(2)17-21-16(22-23(11)17)8-7-13-10-19-14-5-3-4-6-15(14)20-13/h3-10H,1-2H3/b8-7+. The Balaban J connectivity index is 1.72. The summed E-state index contributed by atoms with van der Waals surface area (Å²) in [4.78, 5) is 17.8. The molecule has 23 heavy (non-hydrogen) atoms. The number of rotatable bonds is 2. The topological polar surface area (TPSA) is 68.9 Å². The van der Waals surface area contributed by atoms with Crippen molar-refractivity contribution in [1.82, 2.24) is 29.5 Å². The average molecular weight is 302 g/mol. The van der Waals surface area contributed by atoms with Crippen LogP contribution in [0.4, 0.5) is 0 Å². The maximum Gasteiger partial charge on any atom is 0.177 e. The van der Waals surface area contributed by atoms with Gasteiger partial charge in [0.05, 0.1) is 34.3 Å². The van der Waals surface area contributed by atoms with Crippen LogP contribution < -0.4 is 0 Å². The van der Waals surface area contributed by atoms with Gasteiger partial charge in [0.1, 0.15) is 0 Å². The van der Waals surface area contributed by atoms with E-state index in [9.17, 15) is 0 Å². The van der Waals surface area contributed by atoms with Gasteiger partial charge < -0.3 is 0 Å². The summed E-state index contributed by atoms with van der Waals surface area (Å²) in [5, 5.41) is 4.48. The maximum atomic E-state index is 4.56. The molecular formula is C17H14N6. The van der Waals surface area contributed by atoms with Crippen LogP contribution in [-0.4, -0.2) is 29.5 Å². The summed E-state index contributed by atoms with van der Waals surface area (Å²) >= 11 is 0. The molecule has 0 amide bonds. The van der Waals surface area contributed by atoms with Crippen LogP contribution in [0, 0.1) is 13.8 Å². The molecule has 6 nitrogen and oxygen atoms in total. The smallest absolute Gasteiger partial charge is 0.177 e. The second kappa shape index (κ2) is 5.24. The van der Waals surface area contributed by atoms with Crippen LogP contribution in [0.3, 0.4) is 0 Å². The molecule has 4 rings (SSSR count). The van der Waals surface area contributed by atoms with Crippen LogP contribution in [0.1, 0.15) is 22.9 Å². The van der Waals surface area contributed by atoms with E-state index in [1.807, 2.05) is 50.3 Å². The zero-order valence-corrected chi connectivity index (χ0v) is 12.8. The molecule has 0 fully saturated rings. The van der Waals surface area contributed by atoms with E-state index in [2.05, 4.69) is 25.0 Å². The van der Waals surface area contributed by atoms with Crippen molar-refractivity contribution in [3.8, 4) is 0 Å². The van der Waals surface area contributed by atoms with Gasteiger partial charge in [-0.15, -0.1) is 5.10 Å². The molecule has 3 heterocycles. The molecule has 0 saturated heterocycles. The van der Waals surface area contributed by atoms with Crippen molar-refractivity contribution in [3.05, 3.63) is 59.6 Å². The molecule has 112 valence electrons. The minimum absolute atomic E-state index is 0.624. The number of fused-ring (bicyclic) bond motifs is 2. The summed E-state index contributed by atoms with van der Waals surface area (Å²) in [6.45, 7) is 3.88. The van der Waals surface area contributed by atoms with Gasteiger partial charge in [0.15, 0.2) is 11.5 Å². The number of hydrogen-bond acceptors (Lipinski definition) is 5. The van der Waals surface area contributed by atoms with Gasteiger partial charge in [0, 0.05) is 6.20 Å². The van der Waals surface area contributed by atoms with E-state index in [-0.39, 0.29) is 0 Å². The van der Waals surface area contributed by atoms with Gasteiger partial charge in [0.25, 0.3) is 0 Å². The Kier molecular flexibility index (Phi) is 3.08. The first kappa shape index (κ1) is 13.5. The molecule has 6 heteroatoms. The van der Waals surface area contributed by atoms with Gasteiger partial charge >= 0.3 is 0 Å². The fraction of sp³-hybridized carbons (Fsp3) is 0.118. The highest BCUT2D eigenvalue weighted by Crippen LogP contribution is 2.12. The lowest BCUT2D eigenvalue weighted by atomic mass is 10.3. The number of hydrogen-bond donors (Lipinski definition) is 0. The van der Waals surface area contributed by atoms with Gasteiger partial charge in [-0.25, -0.2) is 14.5 Å². The van der Waals surface area contributed by atoms with Crippen LogP contribution in [0.15, 0.2) is 36.7 Å². The zero-order chi connectivity index (χ0) is 15.8. The molecule has 0 radical (unpaired) electrons. The monoisotopic (exact) mass is 302 g/mol. The molecule has 0 aliphatic heterocycles. The molecule has 0 atom stereocenters. The van der Waals surface area contributed by atoms with Crippen LogP contribution in [0.25, 0.3) is 28.8 Å². The summed E-state index contributed by atoms with van der Waals surface area (Å²) in [5.41, 5.74) is 5.10. The Morgan fingerprint density at radius 2 is 1.74 bits per heavy atom. The van der Waals surface area contributed by atoms with Gasteiger partial charge in [-0.1, -0.05) is 12.1 Å². The Labute approximate surface area is 132 Å². The minimum Gasteiger partial charge on any atom is -0.256 e. The molecule has 0 unspecified atom stereocenters. The Morgan fingerprint density at radius 1 is 0.913 bits per heavy atom. The van der Waals surface area contributed by atoms with Crippen molar-refractivity contribution in [2.24, 2.45) is 0 Å². The van der Waals surface area contributed by atoms with E-state index < -0.39 is 0 Å². The number of aryl methyl sites for hydroxylation is 2. The van der Waals surface area contributed by atoms with Crippen molar-refractivity contribution in [3.63, 3.8) is 0 Å². The van der Waals surface area contributed by atoms with E-state index in [1.54, 1.807) is 16.9 Å². The first-order valence-corrected chi connectivity index (χ1v) is 7.29. The second-order valence-corrected chi connectivity index (χ2v) is 5.31. The van der Waals surface area contributed by atoms with Crippen LogP contribution in [-0.2, 0) is 0 Å². The van der Waals surface area contributed by atoms with Crippen molar-refractivity contribution < 1.29 is 0 Å². The van der Waals surface area contributed by atoms with Gasteiger partial charge in [-0.2, -0.15) is 0 Å². The highest BCUT2D eigenvalue weighted by atomic mass is 15.3. The molecule has 0 N–H and O–H groups in total. The van der Waals surface area contributed by atoms with Gasteiger partial charge in [0.2, 0.25) is 0 Å². The third-order valence-electron chi connectivity index (χ3n) is 3.60. The summed E-state index contributed by atoms with van der Waals surface area (Å²) < 4.78 is 1.80. The van der Waals surface area contributed by atoms with Crippen molar-refractivity contribution in [2.45, 2.75) is 13.8 Å². The maximum absolute atomic E-state index is 4.56. The molecule has 0 aliphatic carbocycles. The predicted octanol–water partition coefficient (Wildman–Crippen LogP) is 2.85. The summed E-state index contributed by atoms with van der Waals surface area (Å²) in [6.07, 6.45) is 7.24. The van der Waals surface area contributed by atoms with Crippen molar-refractivity contribution in [1.29, 1.82) is 0 Å². The zero-order valence-electron chi connectivity index (χ0n) is 12.8. The fourth-order valence-electron chi connectivity index (χ4n) is 2.39. The van der Waals surface area contributed by atoms with Gasteiger partial charge in [-0.3, -0.25) is 9.97 Å². The largest absolute Gasteiger partial charge is 0.256 e. The molecule has 0 spiro atoms. The SMILES string of the molecule is Cc1ncc(C)n2nc(/C=C/c3cnc4ccccc4n3)nc12. The van der Waals surface area contributed by atoms with Crippen molar-refractivity contribution in [2.75, 3.05) is 0 Å². The first-order valence-electron chi connectivity index (χ1n) is 7.29. The Hall–Kier alpha value is -3.15. The van der Waals surface area contributed by atoms with Crippen molar-refractivity contribution >= 4 is 28.8 Å².